The fourth-order valence-corrected chi connectivity index (χ4v) is 15.3. The Balaban J connectivity index is 1.13. The SMILES string of the molecule is Cc1cc(C)c2c3c1B1c4ccc(-c5ccccc5)cc4N(c4cccc(-c5ccccc5)c4)c4cc(N5c6ccccc6C6(C)CCc7ccccc7C56C)cc(c41)N3C1(C)CCCCC21C. The van der Waals surface area contributed by atoms with Gasteiger partial charge in [-0.1, -0.05) is 166 Å². The Kier molecular flexibility index (Phi) is 8.25. The lowest BCUT2D eigenvalue weighted by atomic mass is 9.32. The van der Waals surface area contributed by atoms with Crippen LogP contribution in [0.25, 0.3) is 22.3 Å². The topological polar surface area (TPSA) is 9.72 Å². The van der Waals surface area contributed by atoms with Crippen molar-refractivity contribution in [1.29, 1.82) is 0 Å². The Hall–Kier alpha value is -6.78. The molecule has 3 nitrogen and oxygen atoms in total. The third-order valence-corrected chi connectivity index (χ3v) is 18.8. The lowest BCUT2D eigenvalue weighted by Crippen LogP contribution is -2.65. The largest absolute Gasteiger partial charge is 0.335 e. The van der Waals surface area contributed by atoms with Gasteiger partial charge in [-0.05, 0) is 156 Å². The molecule has 8 aromatic carbocycles. The molecule has 0 amide bonds. The highest BCUT2D eigenvalue weighted by Crippen LogP contribution is 2.66. The van der Waals surface area contributed by atoms with Gasteiger partial charge in [0.1, 0.15) is 0 Å². The van der Waals surface area contributed by atoms with Gasteiger partial charge < -0.3 is 14.7 Å². The minimum Gasteiger partial charge on any atom is -0.335 e. The molecule has 2 aliphatic carbocycles. The first kappa shape index (κ1) is 40.3. The van der Waals surface area contributed by atoms with E-state index in [1.54, 1.807) is 5.56 Å². The zero-order chi connectivity index (χ0) is 45.9. The second kappa shape index (κ2) is 13.9. The molecule has 14 rings (SSSR count). The van der Waals surface area contributed by atoms with Crippen LogP contribution in [0, 0.1) is 13.8 Å². The second-order valence-corrected chi connectivity index (χ2v) is 21.9. The molecule has 0 N–H and O–H groups in total. The Morgan fingerprint density at radius 1 is 0.456 bits per heavy atom. The molecule has 4 heterocycles. The number of anilines is 7. The van der Waals surface area contributed by atoms with E-state index in [2.05, 4.69) is 226 Å². The second-order valence-electron chi connectivity index (χ2n) is 21.9. The fraction of sp³-hybridized carbons (Fsp3) is 0.250. The summed E-state index contributed by atoms with van der Waals surface area (Å²) in [6.45, 7) is 15.3. The molecule has 0 saturated heterocycles. The summed E-state index contributed by atoms with van der Waals surface area (Å²) in [5, 5.41) is 0. The minimum atomic E-state index is -0.337. The van der Waals surface area contributed by atoms with E-state index in [1.165, 1.54) is 126 Å². The normalized spacial score (nSPS) is 24.4. The van der Waals surface area contributed by atoms with Crippen molar-refractivity contribution in [2.75, 3.05) is 14.7 Å². The van der Waals surface area contributed by atoms with Crippen LogP contribution >= 0.6 is 0 Å². The van der Waals surface area contributed by atoms with E-state index in [9.17, 15) is 0 Å². The highest BCUT2D eigenvalue weighted by atomic mass is 15.3. The number of fused-ring (bicyclic) bond motifs is 12. The standard InChI is InChI=1S/C64H58BN3/c1-41-36-42(2)58-60-57(41)62(4)33-17-18-34-63(62,5)68(60)56-40-49(67-53-29-16-15-28-51(53)61(3)35-32-45-24-13-14-27-50(45)64(61,67)6)39-55-59(56)65(58)52-31-30-47(44-22-11-8-12-23-44)38-54(52)66(55)48-26-19-25-46(37-48)43-20-9-7-10-21-43/h7-16,19-31,36-40H,17-18,32-35H2,1-6H3. The average molecular weight is 880 g/mol. The number of para-hydroxylation sites is 1. The van der Waals surface area contributed by atoms with E-state index in [0.29, 0.717) is 0 Å². The summed E-state index contributed by atoms with van der Waals surface area (Å²) in [5.41, 5.74) is 26.7. The summed E-state index contributed by atoms with van der Waals surface area (Å²) in [6.07, 6.45) is 7.04. The molecular weight excluding hydrogens is 822 g/mol. The summed E-state index contributed by atoms with van der Waals surface area (Å²) < 4.78 is 0. The van der Waals surface area contributed by atoms with Crippen LogP contribution in [-0.2, 0) is 22.8 Å². The smallest absolute Gasteiger partial charge is 0.252 e. The summed E-state index contributed by atoms with van der Waals surface area (Å²) in [6, 6.07) is 65.3. The van der Waals surface area contributed by atoms with Gasteiger partial charge in [-0.2, -0.15) is 0 Å². The maximum absolute atomic E-state index is 2.94. The van der Waals surface area contributed by atoms with Gasteiger partial charge in [0.15, 0.2) is 0 Å². The Morgan fingerprint density at radius 3 is 1.90 bits per heavy atom. The maximum Gasteiger partial charge on any atom is 0.252 e. The molecule has 1 fully saturated rings. The summed E-state index contributed by atoms with van der Waals surface area (Å²) in [4.78, 5) is 8.41. The minimum absolute atomic E-state index is 0.000301. The first-order chi connectivity index (χ1) is 33.0. The van der Waals surface area contributed by atoms with Gasteiger partial charge in [0.25, 0.3) is 6.71 Å². The molecule has 4 atom stereocenters. The highest BCUT2D eigenvalue weighted by molar-refractivity contribution is 7.00. The van der Waals surface area contributed by atoms with Crippen molar-refractivity contribution in [2.45, 2.75) is 102 Å². The summed E-state index contributed by atoms with van der Waals surface area (Å²) >= 11 is 0. The monoisotopic (exact) mass is 879 g/mol. The van der Waals surface area contributed by atoms with E-state index in [1.807, 2.05) is 0 Å². The van der Waals surface area contributed by atoms with Crippen LogP contribution in [0.5, 0.6) is 0 Å². The third kappa shape index (κ3) is 4.96. The fourth-order valence-electron chi connectivity index (χ4n) is 15.3. The highest BCUT2D eigenvalue weighted by Gasteiger charge is 2.64. The number of rotatable bonds is 4. The molecule has 4 heteroatoms. The molecule has 0 bridgehead atoms. The van der Waals surface area contributed by atoms with Crippen LogP contribution in [-0.4, -0.2) is 12.3 Å². The molecule has 6 aliphatic rings. The van der Waals surface area contributed by atoms with E-state index < -0.39 is 0 Å². The van der Waals surface area contributed by atoms with Gasteiger partial charge in [-0.25, -0.2) is 0 Å². The first-order valence-electron chi connectivity index (χ1n) is 25.3. The average Bonchev–Trinajstić information content (AvgIpc) is 3.72. The molecule has 0 spiro atoms. The van der Waals surface area contributed by atoms with Gasteiger partial charge in [0, 0.05) is 50.6 Å². The van der Waals surface area contributed by atoms with Gasteiger partial charge in [0.05, 0.1) is 11.1 Å². The van der Waals surface area contributed by atoms with E-state index >= 15 is 0 Å². The molecule has 1 saturated carbocycles. The van der Waals surface area contributed by atoms with Crippen molar-refractivity contribution in [3.63, 3.8) is 0 Å². The molecule has 0 radical (unpaired) electrons. The zero-order valence-corrected chi connectivity index (χ0v) is 40.3. The van der Waals surface area contributed by atoms with Crippen LogP contribution in [0.1, 0.15) is 93.2 Å². The third-order valence-electron chi connectivity index (χ3n) is 18.8. The van der Waals surface area contributed by atoms with E-state index in [-0.39, 0.29) is 28.6 Å². The lowest BCUT2D eigenvalue weighted by Gasteiger charge is -2.54. The van der Waals surface area contributed by atoms with Crippen LogP contribution in [0.15, 0.2) is 170 Å². The predicted octanol–water partition coefficient (Wildman–Crippen LogP) is 14.3. The van der Waals surface area contributed by atoms with Crippen LogP contribution in [0.4, 0.5) is 39.8 Å². The van der Waals surface area contributed by atoms with Crippen LogP contribution in [0.2, 0.25) is 0 Å². The van der Waals surface area contributed by atoms with Crippen molar-refractivity contribution in [2.24, 2.45) is 0 Å². The van der Waals surface area contributed by atoms with Crippen LogP contribution in [0.3, 0.4) is 0 Å². The van der Waals surface area contributed by atoms with Crippen molar-refractivity contribution < 1.29 is 0 Å². The number of hydrogen-bond acceptors (Lipinski definition) is 3. The van der Waals surface area contributed by atoms with Gasteiger partial charge in [-0.15, -0.1) is 0 Å². The first-order valence-corrected chi connectivity index (χ1v) is 25.3. The van der Waals surface area contributed by atoms with E-state index in [4.69, 9.17) is 0 Å². The molecule has 68 heavy (non-hydrogen) atoms. The summed E-state index contributed by atoms with van der Waals surface area (Å²) in [5.74, 6) is 0. The summed E-state index contributed by atoms with van der Waals surface area (Å²) in [7, 11) is 0. The molecule has 4 unspecified atom stereocenters. The van der Waals surface area contributed by atoms with Crippen molar-refractivity contribution >= 4 is 62.9 Å². The molecule has 332 valence electrons. The zero-order valence-electron chi connectivity index (χ0n) is 40.3. The Bertz CT molecular complexity index is 3430. The Morgan fingerprint density at radius 2 is 1.12 bits per heavy atom. The van der Waals surface area contributed by atoms with Crippen LogP contribution < -0.4 is 31.1 Å². The molecule has 8 aromatic rings. The van der Waals surface area contributed by atoms with E-state index in [0.717, 1.165) is 19.3 Å². The molecular formula is C64H58BN3. The quantitative estimate of drug-likeness (QED) is 0.163. The number of benzene rings is 8. The predicted molar refractivity (Wildman–Crippen MR) is 287 cm³/mol. The number of nitrogens with zero attached hydrogens (tertiary/aromatic N) is 3. The number of aryl methyl sites for hydroxylation is 3. The van der Waals surface area contributed by atoms with Crippen molar-refractivity contribution in [3.05, 3.63) is 203 Å². The van der Waals surface area contributed by atoms with Gasteiger partial charge in [0.2, 0.25) is 0 Å². The maximum atomic E-state index is 2.94. The van der Waals surface area contributed by atoms with Gasteiger partial charge >= 0.3 is 0 Å². The van der Waals surface area contributed by atoms with Gasteiger partial charge in [-0.3, -0.25) is 0 Å². The molecule has 4 aliphatic heterocycles. The van der Waals surface area contributed by atoms with Crippen molar-refractivity contribution in [3.8, 4) is 22.3 Å². The number of hydrogen-bond donors (Lipinski definition) is 0. The Labute approximate surface area is 403 Å². The van der Waals surface area contributed by atoms with Crippen molar-refractivity contribution in [1.82, 2.24) is 0 Å². The lowest BCUT2D eigenvalue weighted by molar-refractivity contribution is 0.194. The molecule has 0 aromatic heterocycles.